The Morgan fingerprint density at radius 3 is 0.941 bits per heavy atom. The molecule has 0 radical (unpaired) electrons. The second kappa shape index (κ2) is 17.5. The van der Waals surface area contributed by atoms with Gasteiger partial charge in [0, 0.05) is 51.1 Å². The van der Waals surface area contributed by atoms with E-state index in [4.69, 9.17) is 9.97 Å². The van der Waals surface area contributed by atoms with Gasteiger partial charge in [-0.1, -0.05) is 200 Å². The number of para-hydroxylation sites is 4. The average molecular weight is 879 g/mol. The number of aromatic nitrogens is 2. The molecule has 4 nitrogen and oxygen atoms in total. The Morgan fingerprint density at radius 1 is 0.353 bits per heavy atom. The van der Waals surface area contributed by atoms with E-state index in [1.54, 1.807) is 36.7 Å². The molecule has 0 unspecified atom stereocenters. The molecule has 1 aromatic heterocycles. The Labute approximate surface area is 401 Å². The number of hydrogen-bond donors (Lipinski definition) is 0. The molecule has 4 heteroatoms. The van der Waals surface area contributed by atoms with Gasteiger partial charge < -0.3 is 9.80 Å². The molecule has 3 aliphatic rings. The van der Waals surface area contributed by atoms with E-state index in [1.807, 2.05) is 0 Å². The lowest BCUT2D eigenvalue weighted by Crippen LogP contribution is -2.30. The fourth-order valence-electron chi connectivity index (χ4n) is 10.6. The van der Waals surface area contributed by atoms with Crippen molar-refractivity contribution in [3.8, 4) is 44.8 Å². The van der Waals surface area contributed by atoms with Crippen LogP contribution in [0.1, 0.15) is 49.9 Å². The minimum atomic E-state index is -0.107. The lowest BCUT2D eigenvalue weighted by Gasteiger charge is -2.42. The monoisotopic (exact) mass is 878 g/mol. The van der Waals surface area contributed by atoms with Gasteiger partial charge in [0.2, 0.25) is 0 Å². The second-order valence-electron chi connectivity index (χ2n) is 18.4. The highest BCUT2D eigenvalue weighted by atomic mass is 15.2. The molecule has 0 N–H and O–H groups in total. The first-order valence-corrected chi connectivity index (χ1v) is 23.2. The van der Waals surface area contributed by atoms with E-state index in [1.165, 1.54) is 78.0 Å². The molecule has 8 aromatic carbocycles. The van der Waals surface area contributed by atoms with Crippen LogP contribution in [0.15, 0.2) is 233 Å². The summed E-state index contributed by atoms with van der Waals surface area (Å²) in [6, 6.07) is 62.7. The van der Waals surface area contributed by atoms with Gasteiger partial charge in [-0.25, -0.2) is 0 Å². The van der Waals surface area contributed by atoms with Crippen LogP contribution in [-0.2, 0) is 10.8 Å². The molecule has 12 rings (SSSR count). The summed E-state index contributed by atoms with van der Waals surface area (Å²) in [5.41, 5.74) is 21.2. The van der Waals surface area contributed by atoms with Gasteiger partial charge in [0.1, 0.15) is 0 Å². The summed E-state index contributed by atoms with van der Waals surface area (Å²) < 4.78 is 0. The van der Waals surface area contributed by atoms with E-state index in [9.17, 15) is 0 Å². The molecule has 0 fully saturated rings. The topological polar surface area (TPSA) is 32.3 Å². The van der Waals surface area contributed by atoms with Gasteiger partial charge in [-0.2, -0.15) is 0 Å². The maximum absolute atomic E-state index is 4.85. The van der Waals surface area contributed by atoms with Gasteiger partial charge in [-0.15, -0.1) is 0 Å². The third-order valence-corrected chi connectivity index (χ3v) is 13.8. The maximum Gasteiger partial charge on any atom is 0.0971 e. The first kappa shape index (κ1) is 43.5. The van der Waals surface area contributed by atoms with Crippen molar-refractivity contribution in [2.24, 2.45) is 0 Å². The molecule has 0 amide bonds. The minimum absolute atomic E-state index is 0.107. The van der Waals surface area contributed by atoms with Crippen LogP contribution in [0.2, 0.25) is 0 Å². The Balaban J connectivity index is 0.000000628. The van der Waals surface area contributed by atoms with E-state index in [-0.39, 0.29) is 10.8 Å². The summed E-state index contributed by atoms with van der Waals surface area (Å²) in [5, 5.41) is 2.43. The van der Waals surface area contributed by atoms with Crippen molar-refractivity contribution in [1.29, 1.82) is 0 Å². The third-order valence-electron chi connectivity index (χ3n) is 13.8. The quantitative estimate of drug-likeness (QED) is 0.156. The van der Waals surface area contributed by atoms with E-state index >= 15 is 0 Å². The minimum Gasteiger partial charge on any atom is -0.310 e. The SMILES string of the molecule is C=CC=C.C=CC=C.CC1(C)c2ccccc2N(c2ccc(-c3ccc4c5c(ccc(-c6ccc(N7c8ccccc8C(C)(C)c8ccccc87)cc6)c35)-c3nccnc3-4)cc2)c2ccccc21. The summed E-state index contributed by atoms with van der Waals surface area (Å²) in [6.07, 6.45) is 10.2. The summed E-state index contributed by atoms with van der Waals surface area (Å²) in [6.45, 7) is 22.8. The largest absolute Gasteiger partial charge is 0.310 e. The molecule has 3 heterocycles. The van der Waals surface area contributed by atoms with Crippen LogP contribution in [0.4, 0.5) is 34.1 Å². The number of anilines is 6. The highest BCUT2D eigenvalue weighted by Crippen LogP contribution is 2.55. The van der Waals surface area contributed by atoms with Gasteiger partial charge in [-0.05, 0) is 98.4 Å². The van der Waals surface area contributed by atoms with Gasteiger partial charge in [-0.3, -0.25) is 9.97 Å². The van der Waals surface area contributed by atoms with Crippen LogP contribution >= 0.6 is 0 Å². The molecule has 0 spiro atoms. The molecule has 9 aromatic rings. The van der Waals surface area contributed by atoms with Crippen molar-refractivity contribution in [2.75, 3.05) is 9.80 Å². The Bertz CT molecular complexity index is 3090. The normalized spacial score (nSPS) is 13.7. The molecule has 0 bridgehead atoms. The number of benzene rings is 8. The third kappa shape index (κ3) is 7.00. The van der Waals surface area contributed by atoms with Crippen molar-refractivity contribution in [2.45, 2.75) is 38.5 Å². The first-order valence-electron chi connectivity index (χ1n) is 23.2. The van der Waals surface area contributed by atoms with Gasteiger partial charge >= 0.3 is 0 Å². The van der Waals surface area contributed by atoms with E-state index < -0.39 is 0 Å². The zero-order valence-corrected chi connectivity index (χ0v) is 39.2. The van der Waals surface area contributed by atoms with Gasteiger partial charge in [0.15, 0.2) is 0 Å². The second-order valence-corrected chi connectivity index (χ2v) is 18.4. The predicted molar refractivity (Wildman–Crippen MR) is 289 cm³/mol. The molecular weight excluding hydrogens is 825 g/mol. The van der Waals surface area contributed by atoms with Gasteiger partial charge in [0.05, 0.1) is 34.1 Å². The van der Waals surface area contributed by atoms with Crippen LogP contribution in [0.25, 0.3) is 55.5 Å². The summed E-state index contributed by atoms with van der Waals surface area (Å²) >= 11 is 0. The number of fused-ring (bicyclic) bond motifs is 7. The highest BCUT2D eigenvalue weighted by Gasteiger charge is 2.38. The van der Waals surface area contributed by atoms with E-state index in [2.05, 4.69) is 234 Å². The number of hydrogen-bond acceptors (Lipinski definition) is 4. The molecule has 330 valence electrons. The van der Waals surface area contributed by atoms with Crippen molar-refractivity contribution in [3.05, 3.63) is 255 Å². The molecule has 1 aliphatic carbocycles. The summed E-state index contributed by atoms with van der Waals surface area (Å²) in [5.74, 6) is 0. The molecular formula is C64H54N4. The zero-order valence-electron chi connectivity index (χ0n) is 39.2. The van der Waals surface area contributed by atoms with Gasteiger partial charge in [0.25, 0.3) is 0 Å². The van der Waals surface area contributed by atoms with Crippen LogP contribution < -0.4 is 9.80 Å². The molecule has 0 saturated carbocycles. The standard InChI is InChI=1S/C56H42N4.2C4H6/c1-55(2)43-13-5-9-17-47(43)59(48-18-10-6-14-44(48)55)37-25-21-35(22-26-37)39-29-31-41-52-42(54-53(41)57-33-34-58-54)32-30-40(51(39)52)36-23-27-38(28-24-36)60-49-19-11-7-15-45(49)56(3,4)46-16-8-12-20-50(46)60;2*1-3-4-2/h5-34H,1-4H3;2*3-4H,1-2H2. The van der Waals surface area contributed by atoms with Crippen LogP contribution in [0.5, 0.6) is 0 Å². The van der Waals surface area contributed by atoms with Crippen LogP contribution in [0.3, 0.4) is 0 Å². The van der Waals surface area contributed by atoms with Crippen molar-refractivity contribution < 1.29 is 0 Å². The smallest absolute Gasteiger partial charge is 0.0971 e. The summed E-state index contributed by atoms with van der Waals surface area (Å²) in [4.78, 5) is 14.6. The zero-order chi connectivity index (χ0) is 47.2. The average Bonchev–Trinajstić information content (AvgIpc) is 3.71. The number of rotatable bonds is 6. The van der Waals surface area contributed by atoms with E-state index in [0.29, 0.717) is 0 Å². The number of nitrogens with zero attached hydrogens (tertiary/aromatic N) is 4. The molecule has 0 saturated heterocycles. The Kier molecular flexibility index (Phi) is 11.2. The van der Waals surface area contributed by atoms with Crippen molar-refractivity contribution >= 4 is 44.9 Å². The van der Waals surface area contributed by atoms with Crippen molar-refractivity contribution in [1.82, 2.24) is 9.97 Å². The molecule has 2 aliphatic heterocycles. The van der Waals surface area contributed by atoms with E-state index in [0.717, 1.165) is 33.9 Å². The summed E-state index contributed by atoms with van der Waals surface area (Å²) in [7, 11) is 0. The number of allylic oxidation sites excluding steroid dienone is 4. The van der Waals surface area contributed by atoms with Crippen LogP contribution in [-0.4, -0.2) is 9.97 Å². The predicted octanol–water partition coefficient (Wildman–Crippen LogP) is 17.5. The Morgan fingerprint density at radius 2 is 0.632 bits per heavy atom. The maximum atomic E-state index is 4.85. The lowest BCUT2D eigenvalue weighted by atomic mass is 9.73. The molecule has 0 atom stereocenters. The van der Waals surface area contributed by atoms with Crippen molar-refractivity contribution in [3.63, 3.8) is 0 Å². The fraction of sp³-hybridized carbons (Fsp3) is 0.0938. The molecule has 68 heavy (non-hydrogen) atoms. The fourth-order valence-corrected chi connectivity index (χ4v) is 10.6. The highest BCUT2D eigenvalue weighted by molar-refractivity contribution is 6.21. The lowest BCUT2D eigenvalue weighted by molar-refractivity contribution is 0.632. The van der Waals surface area contributed by atoms with Crippen LogP contribution in [0, 0.1) is 0 Å². The Hall–Kier alpha value is -8.34. The first-order chi connectivity index (χ1) is 33.1.